The molecule has 6 nitrogen and oxygen atoms in total. The van der Waals surface area contributed by atoms with Gasteiger partial charge in [-0.2, -0.15) is 5.26 Å². The van der Waals surface area contributed by atoms with Gasteiger partial charge < -0.3 is 15.0 Å². The Morgan fingerprint density at radius 2 is 2.27 bits per heavy atom. The molecule has 0 saturated heterocycles. The van der Waals surface area contributed by atoms with Crippen LogP contribution in [0.15, 0.2) is 23.6 Å². The lowest BCUT2D eigenvalue weighted by molar-refractivity contribution is -0.111. The molecule has 3 rings (SSSR count). The van der Waals surface area contributed by atoms with E-state index < -0.39 is 0 Å². The Hall–Kier alpha value is -2.63. The summed E-state index contributed by atoms with van der Waals surface area (Å²) in [5, 5.41) is 15.0. The SMILES string of the molecule is CC(C)N(C)C(=O)OCC1CCc2c(sc(NC(=O)C=Cc3cccs3)c2C#N)C1. The van der Waals surface area contributed by atoms with E-state index in [-0.39, 0.29) is 24.0 Å². The third-order valence-electron chi connectivity index (χ3n) is 5.16. The van der Waals surface area contributed by atoms with Crippen molar-refractivity contribution in [1.82, 2.24) is 4.90 Å². The Morgan fingerprint density at radius 1 is 1.47 bits per heavy atom. The third kappa shape index (κ3) is 5.29. The Bertz CT molecular complexity index is 971. The number of rotatable bonds is 6. The predicted molar refractivity (Wildman–Crippen MR) is 121 cm³/mol. The molecule has 1 aliphatic rings. The van der Waals surface area contributed by atoms with Crippen LogP contribution in [0.4, 0.5) is 9.80 Å². The van der Waals surface area contributed by atoms with Gasteiger partial charge in [0, 0.05) is 28.9 Å². The van der Waals surface area contributed by atoms with Crippen LogP contribution in [-0.2, 0) is 22.4 Å². The fourth-order valence-corrected chi connectivity index (χ4v) is 5.14. The molecule has 158 valence electrons. The number of nitriles is 1. The lowest BCUT2D eigenvalue weighted by Crippen LogP contribution is -2.35. The summed E-state index contributed by atoms with van der Waals surface area (Å²) >= 11 is 3.01. The van der Waals surface area contributed by atoms with E-state index >= 15 is 0 Å². The van der Waals surface area contributed by atoms with E-state index in [4.69, 9.17) is 4.74 Å². The Balaban J connectivity index is 1.63. The van der Waals surface area contributed by atoms with Crippen LogP contribution in [0.1, 0.15) is 41.1 Å². The summed E-state index contributed by atoms with van der Waals surface area (Å²) in [5.74, 6) is -0.0322. The maximum Gasteiger partial charge on any atom is 0.409 e. The van der Waals surface area contributed by atoms with Gasteiger partial charge in [0.1, 0.15) is 11.1 Å². The molecule has 0 fully saturated rings. The van der Waals surface area contributed by atoms with Crippen molar-refractivity contribution in [3.63, 3.8) is 0 Å². The van der Waals surface area contributed by atoms with Crippen LogP contribution in [0.3, 0.4) is 0 Å². The van der Waals surface area contributed by atoms with E-state index in [0.717, 1.165) is 34.6 Å². The monoisotopic (exact) mass is 443 g/mol. The molecule has 8 heteroatoms. The molecule has 0 bridgehead atoms. The minimum absolute atomic E-state index is 0.0889. The minimum Gasteiger partial charge on any atom is -0.449 e. The van der Waals surface area contributed by atoms with Gasteiger partial charge in [0.05, 0.1) is 12.2 Å². The second kappa shape index (κ2) is 9.92. The van der Waals surface area contributed by atoms with Crippen molar-refractivity contribution in [3.05, 3.63) is 44.5 Å². The number of hydrogen-bond donors (Lipinski definition) is 1. The summed E-state index contributed by atoms with van der Waals surface area (Å²) in [6, 6.07) is 6.21. The normalized spacial score (nSPS) is 15.6. The third-order valence-corrected chi connectivity index (χ3v) is 7.17. The topological polar surface area (TPSA) is 82.4 Å². The standard InChI is InChI=1S/C22H25N3O3S2/c1-14(2)25(3)22(27)28-13-15-6-8-17-18(12-23)21(30-19(17)11-15)24-20(26)9-7-16-5-4-10-29-16/h4-5,7,9-10,14-15H,6,8,11,13H2,1-3H3,(H,24,26). The van der Waals surface area contributed by atoms with Gasteiger partial charge in [-0.1, -0.05) is 6.07 Å². The Kier molecular flexibility index (Phi) is 7.29. The van der Waals surface area contributed by atoms with Crippen molar-refractivity contribution in [2.45, 2.75) is 39.2 Å². The summed E-state index contributed by atoms with van der Waals surface area (Å²) in [6.07, 6.45) is 5.27. The van der Waals surface area contributed by atoms with Crippen LogP contribution in [-0.4, -0.2) is 36.6 Å². The minimum atomic E-state index is -0.315. The first-order chi connectivity index (χ1) is 14.4. The van der Waals surface area contributed by atoms with Crippen LogP contribution in [0.2, 0.25) is 0 Å². The summed E-state index contributed by atoms with van der Waals surface area (Å²) < 4.78 is 5.46. The maximum absolute atomic E-state index is 12.3. The van der Waals surface area contributed by atoms with E-state index in [2.05, 4.69) is 11.4 Å². The van der Waals surface area contributed by atoms with Gasteiger partial charge in [0.15, 0.2) is 0 Å². The number of carbonyl (C=O) groups excluding carboxylic acids is 2. The van der Waals surface area contributed by atoms with Gasteiger partial charge in [-0.25, -0.2) is 4.79 Å². The lowest BCUT2D eigenvalue weighted by Gasteiger charge is -2.25. The molecule has 2 amide bonds. The first-order valence-electron chi connectivity index (χ1n) is 9.85. The quantitative estimate of drug-likeness (QED) is 0.643. The maximum atomic E-state index is 12.3. The molecule has 2 aromatic heterocycles. The van der Waals surface area contributed by atoms with Crippen LogP contribution < -0.4 is 5.32 Å². The number of nitrogens with one attached hydrogen (secondary N) is 1. The molecule has 2 aromatic rings. The molecule has 0 radical (unpaired) electrons. The van der Waals surface area contributed by atoms with Crippen LogP contribution in [0.5, 0.6) is 0 Å². The van der Waals surface area contributed by atoms with Gasteiger partial charge in [0.2, 0.25) is 5.91 Å². The van der Waals surface area contributed by atoms with Crippen molar-refractivity contribution < 1.29 is 14.3 Å². The largest absolute Gasteiger partial charge is 0.449 e. The van der Waals surface area contributed by atoms with E-state index in [9.17, 15) is 14.9 Å². The summed E-state index contributed by atoms with van der Waals surface area (Å²) in [6.45, 7) is 4.24. The average Bonchev–Trinajstić information content (AvgIpc) is 3.36. The zero-order valence-corrected chi connectivity index (χ0v) is 18.9. The first-order valence-corrected chi connectivity index (χ1v) is 11.6. The van der Waals surface area contributed by atoms with Crippen LogP contribution >= 0.6 is 22.7 Å². The van der Waals surface area contributed by atoms with Crippen LogP contribution in [0, 0.1) is 17.2 Å². The zero-order valence-electron chi connectivity index (χ0n) is 17.3. The molecular weight excluding hydrogens is 418 g/mol. The van der Waals surface area contributed by atoms with Crippen molar-refractivity contribution >= 4 is 45.8 Å². The second-order valence-electron chi connectivity index (χ2n) is 7.55. The van der Waals surface area contributed by atoms with Gasteiger partial charge in [-0.3, -0.25) is 4.79 Å². The number of nitrogens with zero attached hydrogens (tertiary/aromatic N) is 2. The number of carbonyl (C=O) groups is 2. The average molecular weight is 444 g/mol. The number of anilines is 1. The Labute approximate surface area is 184 Å². The van der Waals surface area contributed by atoms with Crippen molar-refractivity contribution in [3.8, 4) is 6.07 Å². The highest BCUT2D eigenvalue weighted by atomic mass is 32.1. The predicted octanol–water partition coefficient (Wildman–Crippen LogP) is 4.91. The highest BCUT2D eigenvalue weighted by molar-refractivity contribution is 7.16. The molecule has 0 saturated carbocycles. The van der Waals surface area contributed by atoms with E-state index in [0.29, 0.717) is 17.2 Å². The van der Waals surface area contributed by atoms with Crippen molar-refractivity contribution in [2.75, 3.05) is 19.0 Å². The van der Waals surface area contributed by atoms with E-state index in [1.807, 2.05) is 31.4 Å². The number of ether oxygens (including phenoxy) is 1. The summed E-state index contributed by atoms with van der Waals surface area (Å²) in [5.41, 5.74) is 1.57. The molecule has 30 heavy (non-hydrogen) atoms. The van der Waals surface area contributed by atoms with E-state index in [1.165, 1.54) is 17.4 Å². The molecule has 1 N–H and O–H groups in total. The van der Waals surface area contributed by atoms with Gasteiger partial charge >= 0.3 is 6.09 Å². The highest BCUT2D eigenvalue weighted by Crippen LogP contribution is 2.39. The van der Waals surface area contributed by atoms with Gasteiger partial charge in [-0.15, -0.1) is 22.7 Å². The summed E-state index contributed by atoms with van der Waals surface area (Å²) in [4.78, 5) is 28.0. The molecule has 2 heterocycles. The molecule has 1 aliphatic carbocycles. The molecule has 0 aromatic carbocycles. The number of thiophene rings is 2. The lowest BCUT2D eigenvalue weighted by atomic mass is 9.88. The van der Waals surface area contributed by atoms with E-state index in [1.54, 1.807) is 29.4 Å². The van der Waals surface area contributed by atoms with Crippen molar-refractivity contribution in [2.24, 2.45) is 5.92 Å². The molecule has 1 atom stereocenters. The van der Waals surface area contributed by atoms with Gasteiger partial charge in [0.25, 0.3) is 0 Å². The Morgan fingerprint density at radius 3 is 2.93 bits per heavy atom. The molecule has 1 unspecified atom stereocenters. The zero-order chi connectivity index (χ0) is 21.7. The van der Waals surface area contributed by atoms with Gasteiger partial charge in [-0.05, 0) is 62.1 Å². The molecule has 0 spiro atoms. The molecular formula is C22H25N3O3S2. The number of amides is 2. The molecule has 0 aliphatic heterocycles. The van der Waals surface area contributed by atoms with Crippen LogP contribution in [0.25, 0.3) is 6.08 Å². The fraction of sp³-hybridized carbons (Fsp3) is 0.409. The number of fused-ring (bicyclic) bond motifs is 1. The van der Waals surface area contributed by atoms with Crippen molar-refractivity contribution in [1.29, 1.82) is 5.26 Å². The highest BCUT2D eigenvalue weighted by Gasteiger charge is 2.27. The fourth-order valence-electron chi connectivity index (χ4n) is 3.20. The smallest absolute Gasteiger partial charge is 0.409 e. The number of hydrogen-bond acceptors (Lipinski definition) is 6. The summed E-state index contributed by atoms with van der Waals surface area (Å²) in [7, 11) is 1.73. The first kappa shape index (κ1) is 22.1. The second-order valence-corrected chi connectivity index (χ2v) is 9.63.